The van der Waals surface area contributed by atoms with E-state index in [4.69, 9.17) is 33.4 Å². The summed E-state index contributed by atoms with van der Waals surface area (Å²) >= 11 is 11.8. The first-order valence-corrected chi connectivity index (χ1v) is 10.4. The molecular weight excluding hydrogens is 419 g/mol. The smallest absolute Gasteiger partial charge is 0.303 e. The SMILES string of the molecule is CCCCCN(CCCO)C(=O)C(CCC(=O)O)NC(=O)c1ccc(Cl)c(Cl)c1. The van der Waals surface area contributed by atoms with Crippen molar-refractivity contribution in [3.8, 4) is 0 Å². The average Bonchev–Trinajstić information content (AvgIpc) is 2.69. The van der Waals surface area contributed by atoms with Gasteiger partial charge in [-0.2, -0.15) is 0 Å². The first-order valence-electron chi connectivity index (χ1n) is 9.67. The van der Waals surface area contributed by atoms with Gasteiger partial charge in [-0.1, -0.05) is 43.0 Å². The van der Waals surface area contributed by atoms with Gasteiger partial charge in [-0.05, 0) is 37.5 Å². The third-order valence-corrected chi connectivity index (χ3v) is 5.10. The molecule has 1 aromatic rings. The second-order valence-corrected chi connectivity index (χ2v) is 7.51. The van der Waals surface area contributed by atoms with Crippen LogP contribution in [0, 0.1) is 0 Å². The van der Waals surface area contributed by atoms with Crippen molar-refractivity contribution in [1.29, 1.82) is 0 Å². The predicted octanol–water partition coefficient (Wildman–Crippen LogP) is 3.36. The van der Waals surface area contributed by atoms with Crippen molar-refractivity contribution < 1.29 is 24.6 Å². The number of aliphatic hydroxyl groups is 1. The molecule has 0 saturated carbocycles. The van der Waals surface area contributed by atoms with Crippen LogP contribution < -0.4 is 5.32 Å². The van der Waals surface area contributed by atoms with Crippen LogP contribution in [0.1, 0.15) is 55.8 Å². The van der Waals surface area contributed by atoms with Gasteiger partial charge in [0.25, 0.3) is 5.91 Å². The highest BCUT2D eigenvalue weighted by Crippen LogP contribution is 2.22. The number of nitrogens with one attached hydrogen (secondary N) is 1. The molecule has 9 heteroatoms. The summed E-state index contributed by atoms with van der Waals surface area (Å²) in [6, 6.07) is 3.36. The van der Waals surface area contributed by atoms with Crippen LogP contribution in [0.3, 0.4) is 0 Å². The number of rotatable bonds is 13. The fraction of sp³-hybridized carbons (Fsp3) is 0.550. The van der Waals surface area contributed by atoms with Crippen molar-refractivity contribution in [2.75, 3.05) is 19.7 Å². The summed E-state index contributed by atoms with van der Waals surface area (Å²) in [5.41, 5.74) is 0.223. The molecule has 0 radical (unpaired) electrons. The van der Waals surface area contributed by atoms with E-state index in [1.165, 1.54) is 18.2 Å². The maximum absolute atomic E-state index is 13.0. The van der Waals surface area contributed by atoms with Gasteiger partial charge in [-0.25, -0.2) is 0 Å². The molecule has 0 aliphatic heterocycles. The molecule has 1 atom stereocenters. The normalized spacial score (nSPS) is 11.7. The number of unbranched alkanes of at least 4 members (excludes halogenated alkanes) is 2. The van der Waals surface area contributed by atoms with Crippen molar-refractivity contribution in [2.45, 2.75) is 51.5 Å². The zero-order valence-corrected chi connectivity index (χ0v) is 18.0. The monoisotopic (exact) mass is 446 g/mol. The number of carbonyl (C=O) groups is 3. The number of aliphatic carboxylic acids is 1. The Kier molecular flexibility index (Phi) is 11.7. The molecule has 162 valence electrons. The van der Waals surface area contributed by atoms with Gasteiger partial charge in [-0.3, -0.25) is 14.4 Å². The summed E-state index contributed by atoms with van der Waals surface area (Å²) in [5, 5.41) is 21.3. The molecule has 3 N–H and O–H groups in total. The standard InChI is InChI=1S/C20H28Cl2N2O5/c1-2-3-4-10-24(11-5-12-25)20(29)17(8-9-18(26)27)23-19(28)14-6-7-15(21)16(22)13-14/h6-7,13,17,25H,2-5,8-12H2,1H3,(H,23,28)(H,26,27). The Morgan fingerprint density at radius 1 is 1.10 bits per heavy atom. The Balaban J connectivity index is 2.96. The number of halogens is 2. The van der Waals surface area contributed by atoms with E-state index in [1.54, 1.807) is 4.90 Å². The second-order valence-electron chi connectivity index (χ2n) is 6.70. The molecule has 1 aromatic carbocycles. The van der Waals surface area contributed by atoms with Gasteiger partial charge in [0.05, 0.1) is 10.0 Å². The number of aliphatic hydroxyl groups excluding tert-OH is 1. The van der Waals surface area contributed by atoms with Crippen LogP contribution in [0.4, 0.5) is 0 Å². The predicted molar refractivity (Wildman–Crippen MR) is 112 cm³/mol. The van der Waals surface area contributed by atoms with Gasteiger partial charge < -0.3 is 20.4 Å². The highest BCUT2D eigenvalue weighted by molar-refractivity contribution is 6.42. The minimum atomic E-state index is -1.06. The van der Waals surface area contributed by atoms with Crippen LogP contribution >= 0.6 is 23.2 Å². The zero-order valence-electron chi connectivity index (χ0n) is 16.5. The lowest BCUT2D eigenvalue weighted by Crippen LogP contribution is -2.49. The Hall–Kier alpha value is -1.83. The summed E-state index contributed by atoms with van der Waals surface area (Å²) in [7, 11) is 0. The molecule has 0 heterocycles. The highest BCUT2D eigenvalue weighted by Gasteiger charge is 2.27. The third kappa shape index (κ3) is 9.02. The summed E-state index contributed by atoms with van der Waals surface area (Å²) < 4.78 is 0. The first-order chi connectivity index (χ1) is 13.8. The van der Waals surface area contributed by atoms with Gasteiger partial charge in [0.1, 0.15) is 6.04 Å². The molecule has 2 amide bonds. The Morgan fingerprint density at radius 2 is 1.79 bits per heavy atom. The Labute approximate surface area is 181 Å². The molecule has 0 aromatic heterocycles. The summed E-state index contributed by atoms with van der Waals surface area (Å²) in [6.07, 6.45) is 2.83. The molecular formula is C20H28Cl2N2O5. The van der Waals surface area contributed by atoms with Gasteiger partial charge >= 0.3 is 5.97 Å². The first kappa shape index (κ1) is 25.2. The minimum Gasteiger partial charge on any atom is -0.481 e. The van der Waals surface area contributed by atoms with Gasteiger partial charge in [0.15, 0.2) is 0 Å². The molecule has 29 heavy (non-hydrogen) atoms. The molecule has 0 saturated heterocycles. The Morgan fingerprint density at radius 3 is 2.38 bits per heavy atom. The van der Waals surface area contributed by atoms with E-state index >= 15 is 0 Å². The van der Waals surface area contributed by atoms with Crippen LogP contribution in [0.2, 0.25) is 10.0 Å². The van der Waals surface area contributed by atoms with E-state index in [0.717, 1.165) is 19.3 Å². The largest absolute Gasteiger partial charge is 0.481 e. The van der Waals surface area contributed by atoms with Crippen LogP contribution in [-0.2, 0) is 9.59 Å². The molecule has 0 spiro atoms. The van der Waals surface area contributed by atoms with Crippen molar-refractivity contribution in [1.82, 2.24) is 10.2 Å². The number of hydrogen-bond donors (Lipinski definition) is 3. The molecule has 0 bridgehead atoms. The van der Waals surface area contributed by atoms with Crippen molar-refractivity contribution in [2.24, 2.45) is 0 Å². The van der Waals surface area contributed by atoms with Crippen molar-refractivity contribution in [3.63, 3.8) is 0 Å². The Bertz CT molecular complexity index is 699. The maximum Gasteiger partial charge on any atom is 0.303 e. The number of carboxylic acids is 1. The van der Waals surface area contributed by atoms with Crippen LogP contribution in [0.15, 0.2) is 18.2 Å². The fourth-order valence-corrected chi connectivity index (χ4v) is 3.07. The van der Waals surface area contributed by atoms with Gasteiger partial charge in [0.2, 0.25) is 5.91 Å². The summed E-state index contributed by atoms with van der Waals surface area (Å²) in [5.74, 6) is -1.95. The number of hydrogen-bond acceptors (Lipinski definition) is 4. The topological polar surface area (TPSA) is 107 Å². The quantitative estimate of drug-likeness (QED) is 0.402. The van der Waals surface area contributed by atoms with E-state index in [9.17, 15) is 14.4 Å². The maximum atomic E-state index is 13.0. The second kappa shape index (κ2) is 13.4. The fourth-order valence-electron chi connectivity index (χ4n) is 2.77. The van der Waals surface area contributed by atoms with E-state index in [2.05, 4.69) is 5.32 Å². The zero-order chi connectivity index (χ0) is 21.8. The molecule has 1 rings (SSSR count). The van der Waals surface area contributed by atoms with Crippen molar-refractivity contribution in [3.05, 3.63) is 33.8 Å². The lowest BCUT2D eigenvalue weighted by Gasteiger charge is -2.28. The van der Waals surface area contributed by atoms with Gasteiger partial charge in [-0.15, -0.1) is 0 Å². The van der Waals surface area contributed by atoms with E-state index < -0.39 is 17.9 Å². The number of nitrogens with zero attached hydrogens (tertiary/aromatic N) is 1. The van der Waals surface area contributed by atoms with E-state index in [0.29, 0.717) is 24.5 Å². The van der Waals surface area contributed by atoms with Gasteiger partial charge in [0, 0.05) is 31.7 Å². The van der Waals surface area contributed by atoms with Crippen LogP contribution in [0.25, 0.3) is 0 Å². The lowest BCUT2D eigenvalue weighted by atomic mass is 10.1. The highest BCUT2D eigenvalue weighted by atomic mass is 35.5. The molecule has 1 unspecified atom stereocenters. The number of amides is 2. The number of benzene rings is 1. The van der Waals surface area contributed by atoms with E-state index in [-0.39, 0.29) is 35.9 Å². The average molecular weight is 447 g/mol. The molecule has 0 aliphatic carbocycles. The van der Waals surface area contributed by atoms with Crippen molar-refractivity contribution >= 4 is 41.0 Å². The van der Waals surface area contributed by atoms with Crippen LogP contribution in [-0.4, -0.2) is 58.6 Å². The summed E-state index contributed by atoms with van der Waals surface area (Å²) in [6.45, 7) is 2.81. The third-order valence-electron chi connectivity index (χ3n) is 4.36. The number of carbonyl (C=O) groups excluding carboxylic acids is 2. The van der Waals surface area contributed by atoms with Crippen LogP contribution in [0.5, 0.6) is 0 Å². The molecule has 7 nitrogen and oxygen atoms in total. The number of carboxylic acid groups (broad SMARTS) is 1. The lowest BCUT2D eigenvalue weighted by molar-refractivity contribution is -0.138. The van der Waals surface area contributed by atoms with E-state index in [1.807, 2.05) is 6.92 Å². The molecule has 0 fully saturated rings. The summed E-state index contributed by atoms with van der Waals surface area (Å²) in [4.78, 5) is 38.2. The molecule has 0 aliphatic rings. The minimum absolute atomic E-state index is 0.0371.